The number of benzene rings is 1. The van der Waals surface area contributed by atoms with Gasteiger partial charge in [0, 0.05) is 19.7 Å². The van der Waals surface area contributed by atoms with Crippen molar-refractivity contribution in [2.24, 2.45) is 10.7 Å². The van der Waals surface area contributed by atoms with Crippen LogP contribution in [0.5, 0.6) is 5.75 Å². The number of hydrogen-bond acceptors (Lipinski definition) is 2. The summed E-state index contributed by atoms with van der Waals surface area (Å²) in [7, 11) is 3.76. The number of guanidine groups is 1. The van der Waals surface area contributed by atoms with Crippen molar-refractivity contribution in [2.45, 2.75) is 19.1 Å². The average Bonchev–Trinajstić information content (AvgIpc) is 2.55. The number of para-hydroxylation sites is 1. The van der Waals surface area contributed by atoms with Crippen molar-refractivity contribution in [1.29, 1.82) is 0 Å². The van der Waals surface area contributed by atoms with E-state index in [0.29, 0.717) is 5.96 Å². The predicted molar refractivity (Wildman–Crippen MR) is 64.6 cm³/mol. The van der Waals surface area contributed by atoms with Crippen LogP contribution in [0.4, 0.5) is 0 Å². The monoisotopic (exact) mass is 219 g/mol. The number of nitrogens with two attached hydrogens (primary N) is 1. The number of aliphatic imine (C=N–C) groups is 1. The lowest BCUT2D eigenvalue weighted by Gasteiger charge is -2.15. The Kier molecular flexibility index (Phi) is 2.73. The first-order chi connectivity index (χ1) is 7.59. The van der Waals surface area contributed by atoms with Gasteiger partial charge in [0.2, 0.25) is 0 Å². The van der Waals surface area contributed by atoms with E-state index in [1.807, 2.05) is 45.3 Å². The molecule has 1 aromatic rings. The SMILES string of the molecule is CC1Oc2ccccc2C1N=C(N)N(C)C. The Morgan fingerprint density at radius 3 is 2.75 bits per heavy atom. The molecule has 2 rings (SSSR count). The van der Waals surface area contributed by atoms with Gasteiger partial charge in [-0.2, -0.15) is 0 Å². The summed E-state index contributed by atoms with van der Waals surface area (Å²) in [5.41, 5.74) is 6.95. The van der Waals surface area contributed by atoms with Crippen LogP contribution in [0.15, 0.2) is 29.3 Å². The summed E-state index contributed by atoms with van der Waals surface area (Å²) < 4.78 is 5.72. The average molecular weight is 219 g/mol. The smallest absolute Gasteiger partial charge is 0.191 e. The lowest BCUT2D eigenvalue weighted by molar-refractivity contribution is 0.228. The van der Waals surface area contributed by atoms with Gasteiger partial charge < -0.3 is 15.4 Å². The molecule has 0 spiro atoms. The molecule has 86 valence electrons. The standard InChI is InChI=1S/C12H17N3O/c1-8-11(14-12(13)15(2)3)9-6-4-5-7-10(9)16-8/h4-8,11H,1-3H3,(H2,13,14). The molecule has 1 aliphatic heterocycles. The summed E-state index contributed by atoms with van der Waals surface area (Å²) >= 11 is 0. The normalized spacial score (nSPS) is 23.8. The molecular weight excluding hydrogens is 202 g/mol. The van der Waals surface area contributed by atoms with E-state index in [4.69, 9.17) is 10.5 Å². The van der Waals surface area contributed by atoms with Crippen molar-refractivity contribution >= 4 is 5.96 Å². The van der Waals surface area contributed by atoms with Gasteiger partial charge in [-0.25, -0.2) is 4.99 Å². The van der Waals surface area contributed by atoms with Crippen molar-refractivity contribution in [2.75, 3.05) is 14.1 Å². The molecule has 0 aromatic heterocycles. The topological polar surface area (TPSA) is 50.9 Å². The van der Waals surface area contributed by atoms with Gasteiger partial charge in [0.25, 0.3) is 0 Å². The Morgan fingerprint density at radius 2 is 2.06 bits per heavy atom. The minimum atomic E-state index is -0.00130. The second kappa shape index (κ2) is 4.04. The molecule has 0 fully saturated rings. The maximum atomic E-state index is 5.84. The molecule has 0 saturated carbocycles. The van der Waals surface area contributed by atoms with Crippen LogP contribution in [0.1, 0.15) is 18.5 Å². The number of fused-ring (bicyclic) bond motifs is 1. The lowest BCUT2D eigenvalue weighted by atomic mass is 10.1. The minimum Gasteiger partial charge on any atom is -0.488 e. The van der Waals surface area contributed by atoms with Gasteiger partial charge in [-0.05, 0) is 13.0 Å². The Bertz CT molecular complexity index is 414. The fourth-order valence-electron chi connectivity index (χ4n) is 1.78. The Hall–Kier alpha value is -1.71. The molecule has 0 aliphatic carbocycles. The summed E-state index contributed by atoms with van der Waals surface area (Å²) in [6.45, 7) is 2.01. The molecule has 1 aromatic carbocycles. The van der Waals surface area contributed by atoms with Gasteiger partial charge in [0.1, 0.15) is 17.9 Å². The van der Waals surface area contributed by atoms with Crippen molar-refractivity contribution in [3.63, 3.8) is 0 Å². The van der Waals surface area contributed by atoms with Crippen molar-refractivity contribution in [3.8, 4) is 5.75 Å². The van der Waals surface area contributed by atoms with Crippen molar-refractivity contribution in [3.05, 3.63) is 29.8 Å². The quantitative estimate of drug-likeness (QED) is 0.573. The maximum Gasteiger partial charge on any atom is 0.191 e. The van der Waals surface area contributed by atoms with Gasteiger partial charge in [-0.1, -0.05) is 18.2 Å². The molecule has 4 heteroatoms. The fraction of sp³-hybridized carbons (Fsp3) is 0.417. The number of ether oxygens (including phenoxy) is 1. The second-order valence-corrected chi connectivity index (χ2v) is 4.19. The van der Waals surface area contributed by atoms with E-state index in [1.165, 1.54) is 0 Å². The largest absolute Gasteiger partial charge is 0.488 e. The summed E-state index contributed by atoms with van der Waals surface area (Å²) in [4.78, 5) is 6.29. The van der Waals surface area contributed by atoms with Crippen molar-refractivity contribution in [1.82, 2.24) is 4.90 Å². The first-order valence-electron chi connectivity index (χ1n) is 5.36. The highest BCUT2D eigenvalue weighted by Gasteiger charge is 2.30. The zero-order valence-corrected chi connectivity index (χ0v) is 9.84. The Labute approximate surface area is 95.7 Å². The molecule has 1 heterocycles. The van der Waals surface area contributed by atoms with E-state index in [-0.39, 0.29) is 12.1 Å². The molecule has 0 bridgehead atoms. The highest BCUT2D eigenvalue weighted by atomic mass is 16.5. The molecular formula is C12H17N3O. The second-order valence-electron chi connectivity index (χ2n) is 4.19. The van der Waals surface area contributed by atoms with Crippen LogP contribution < -0.4 is 10.5 Å². The first kappa shape index (κ1) is 10.8. The molecule has 2 unspecified atom stereocenters. The molecule has 16 heavy (non-hydrogen) atoms. The third-order valence-electron chi connectivity index (χ3n) is 2.72. The molecule has 0 radical (unpaired) electrons. The predicted octanol–water partition coefficient (Wildman–Crippen LogP) is 1.38. The maximum absolute atomic E-state index is 5.84. The van der Waals surface area contributed by atoms with E-state index in [9.17, 15) is 0 Å². The van der Waals surface area contributed by atoms with Gasteiger partial charge in [-0.15, -0.1) is 0 Å². The van der Waals surface area contributed by atoms with E-state index >= 15 is 0 Å². The molecule has 0 saturated heterocycles. The summed E-state index contributed by atoms with van der Waals surface area (Å²) in [6.07, 6.45) is 0.0379. The van der Waals surface area contributed by atoms with E-state index in [0.717, 1.165) is 11.3 Å². The van der Waals surface area contributed by atoms with Crippen LogP contribution in [-0.2, 0) is 0 Å². The third kappa shape index (κ3) is 1.83. The third-order valence-corrected chi connectivity index (χ3v) is 2.72. The van der Waals surface area contributed by atoms with Crippen LogP contribution in [0.2, 0.25) is 0 Å². The molecule has 4 nitrogen and oxygen atoms in total. The number of nitrogens with zero attached hydrogens (tertiary/aromatic N) is 2. The number of rotatable bonds is 1. The Balaban J connectivity index is 2.32. The summed E-state index contributed by atoms with van der Waals surface area (Å²) in [6, 6.07) is 7.96. The number of hydrogen-bond donors (Lipinski definition) is 1. The van der Waals surface area contributed by atoms with Crippen LogP contribution in [0.3, 0.4) is 0 Å². The molecule has 1 aliphatic rings. The highest BCUT2D eigenvalue weighted by molar-refractivity contribution is 5.78. The van der Waals surface area contributed by atoms with Gasteiger partial charge in [-0.3, -0.25) is 0 Å². The zero-order valence-electron chi connectivity index (χ0n) is 9.84. The van der Waals surface area contributed by atoms with Crippen molar-refractivity contribution < 1.29 is 4.74 Å². The lowest BCUT2D eigenvalue weighted by Crippen LogP contribution is -2.31. The first-order valence-corrected chi connectivity index (χ1v) is 5.36. The van der Waals surface area contributed by atoms with Gasteiger partial charge in [0.15, 0.2) is 5.96 Å². The van der Waals surface area contributed by atoms with Crippen LogP contribution >= 0.6 is 0 Å². The zero-order chi connectivity index (χ0) is 11.7. The Morgan fingerprint density at radius 1 is 1.38 bits per heavy atom. The van der Waals surface area contributed by atoms with Crippen LogP contribution in [0.25, 0.3) is 0 Å². The molecule has 2 atom stereocenters. The van der Waals surface area contributed by atoms with Crippen LogP contribution in [-0.4, -0.2) is 31.1 Å². The van der Waals surface area contributed by atoms with Crippen LogP contribution in [0, 0.1) is 0 Å². The fourth-order valence-corrected chi connectivity index (χ4v) is 1.78. The van der Waals surface area contributed by atoms with Gasteiger partial charge >= 0.3 is 0 Å². The van der Waals surface area contributed by atoms with Gasteiger partial charge in [0.05, 0.1) is 0 Å². The molecule has 0 amide bonds. The van der Waals surface area contributed by atoms with E-state index in [1.54, 1.807) is 4.90 Å². The minimum absolute atomic E-state index is 0.00130. The highest BCUT2D eigenvalue weighted by Crippen LogP contribution is 2.38. The summed E-state index contributed by atoms with van der Waals surface area (Å²) in [5.74, 6) is 1.44. The van der Waals surface area contributed by atoms with E-state index in [2.05, 4.69) is 4.99 Å². The van der Waals surface area contributed by atoms with E-state index < -0.39 is 0 Å². The molecule has 2 N–H and O–H groups in total. The summed E-state index contributed by atoms with van der Waals surface area (Å²) in [5, 5.41) is 0.